The van der Waals surface area contributed by atoms with Gasteiger partial charge in [0.15, 0.2) is 0 Å². The Balaban J connectivity index is 1.30. The molecule has 8 nitrogen and oxygen atoms in total. The summed E-state index contributed by atoms with van der Waals surface area (Å²) in [5.74, 6) is 1.27. The SMILES string of the molecule is CO/N=C/c1ccc(C(=O)N2CCN(Cc3nc(-c4cccs4)no3)CC2)cc1. The number of carbonyl (C=O) groups is 1. The van der Waals surface area contributed by atoms with E-state index in [0.717, 1.165) is 23.5 Å². The predicted octanol–water partition coefficient (Wildman–Crippen LogP) is 2.74. The van der Waals surface area contributed by atoms with Gasteiger partial charge in [-0.25, -0.2) is 0 Å². The van der Waals surface area contributed by atoms with Crippen molar-refractivity contribution < 1.29 is 14.2 Å². The molecule has 1 saturated heterocycles. The molecule has 3 aromatic rings. The van der Waals surface area contributed by atoms with Gasteiger partial charge in [0, 0.05) is 31.7 Å². The smallest absolute Gasteiger partial charge is 0.253 e. The molecule has 4 rings (SSSR count). The van der Waals surface area contributed by atoms with Gasteiger partial charge in [-0.3, -0.25) is 9.69 Å². The highest BCUT2D eigenvalue weighted by molar-refractivity contribution is 7.13. The Kier molecular flexibility index (Phi) is 5.97. The molecular formula is C20H21N5O3S. The second-order valence-electron chi connectivity index (χ2n) is 6.60. The minimum absolute atomic E-state index is 0.0395. The number of piperazine rings is 1. The van der Waals surface area contributed by atoms with Crippen LogP contribution in [-0.2, 0) is 11.4 Å². The third-order valence-corrected chi connectivity index (χ3v) is 5.56. The molecule has 9 heteroatoms. The predicted molar refractivity (Wildman–Crippen MR) is 110 cm³/mol. The van der Waals surface area contributed by atoms with Crippen LogP contribution in [0.1, 0.15) is 21.8 Å². The Hall–Kier alpha value is -3.04. The summed E-state index contributed by atoms with van der Waals surface area (Å²) in [6.45, 7) is 3.45. The van der Waals surface area contributed by atoms with Crippen LogP contribution >= 0.6 is 11.3 Å². The summed E-state index contributed by atoms with van der Waals surface area (Å²) in [7, 11) is 1.50. The molecule has 0 aliphatic carbocycles. The molecule has 3 heterocycles. The van der Waals surface area contributed by atoms with E-state index in [1.807, 2.05) is 46.7 Å². The summed E-state index contributed by atoms with van der Waals surface area (Å²) in [6.07, 6.45) is 1.61. The maximum atomic E-state index is 12.7. The van der Waals surface area contributed by atoms with Crippen LogP contribution in [-0.4, -0.2) is 65.4 Å². The number of rotatable bonds is 6. The van der Waals surface area contributed by atoms with Gasteiger partial charge in [0.05, 0.1) is 17.6 Å². The minimum Gasteiger partial charge on any atom is -0.399 e. The highest BCUT2D eigenvalue weighted by Gasteiger charge is 2.23. The van der Waals surface area contributed by atoms with E-state index in [1.165, 1.54) is 7.11 Å². The van der Waals surface area contributed by atoms with Gasteiger partial charge in [-0.05, 0) is 29.1 Å². The Bertz CT molecular complexity index is 960. The number of aromatic nitrogens is 2. The molecule has 2 aromatic heterocycles. The van der Waals surface area contributed by atoms with E-state index in [-0.39, 0.29) is 5.91 Å². The van der Waals surface area contributed by atoms with Gasteiger partial charge in [-0.1, -0.05) is 28.5 Å². The molecule has 0 atom stereocenters. The fourth-order valence-corrected chi connectivity index (χ4v) is 3.78. The largest absolute Gasteiger partial charge is 0.399 e. The Morgan fingerprint density at radius 1 is 1.24 bits per heavy atom. The highest BCUT2D eigenvalue weighted by atomic mass is 32.1. The van der Waals surface area contributed by atoms with Crippen molar-refractivity contribution in [3.05, 3.63) is 58.8 Å². The molecular weight excluding hydrogens is 390 g/mol. The van der Waals surface area contributed by atoms with E-state index in [4.69, 9.17) is 4.52 Å². The van der Waals surface area contributed by atoms with Crippen molar-refractivity contribution in [3.8, 4) is 10.7 Å². The van der Waals surface area contributed by atoms with Crippen LogP contribution < -0.4 is 0 Å². The van der Waals surface area contributed by atoms with Crippen LogP contribution in [0.25, 0.3) is 10.7 Å². The molecule has 0 N–H and O–H groups in total. The maximum Gasteiger partial charge on any atom is 0.253 e. The summed E-state index contributed by atoms with van der Waals surface area (Å²) in [5.41, 5.74) is 1.56. The van der Waals surface area contributed by atoms with Crippen molar-refractivity contribution in [2.75, 3.05) is 33.3 Å². The summed E-state index contributed by atoms with van der Waals surface area (Å²) in [6, 6.07) is 11.3. The zero-order chi connectivity index (χ0) is 20.1. The molecule has 150 valence electrons. The van der Waals surface area contributed by atoms with Crippen molar-refractivity contribution in [2.45, 2.75) is 6.54 Å². The topological polar surface area (TPSA) is 84.1 Å². The van der Waals surface area contributed by atoms with Crippen LogP contribution in [0, 0.1) is 0 Å². The zero-order valence-corrected chi connectivity index (χ0v) is 16.8. The average molecular weight is 411 g/mol. The monoisotopic (exact) mass is 411 g/mol. The molecule has 29 heavy (non-hydrogen) atoms. The summed E-state index contributed by atoms with van der Waals surface area (Å²) >= 11 is 1.59. The number of hydrogen-bond donors (Lipinski definition) is 0. The normalized spacial score (nSPS) is 15.1. The Morgan fingerprint density at radius 3 is 2.72 bits per heavy atom. The fourth-order valence-electron chi connectivity index (χ4n) is 3.13. The minimum atomic E-state index is 0.0395. The van der Waals surface area contributed by atoms with Crippen LogP contribution in [0.15, 0.2) is 51.5 Å². The molecule has 1 fully saturated rings. The van der Waals surface area contributed by atoms with E-state index < -0.39 is 0 Å². The summed E-state index contributed by atoms with van der Waals surface area (Å²) in [4.78, 5) is 27.0. The van der Waals surface area contributed by atoms with Gasteiger partial charge in [-0.15, -0.1) is 11.3 Å². The van der Waals surface area contributed by atoms with Gasteiger partial charge in [-0.2, -0.15) is 4.98 Å². The van der Waals surface area contributed by atoms with Crippen molar-refractivity contribution in [1.82, 2.24) is 19.9 Å². The molecule has 0 bridgehead atoms. The van der Waals surface area contributed by atoms with Gasteiger partial charge in [0.1, 0.15) is 7.11 Å². The molecule has 0 radical (unpaired) electrons. The highest BCUT2D eigenvalue weighted by Crippen LogP contribution is 2.21. The van der Waals surface area contributed by atoms with Gasteiger partial charge in [0.2, 0.25) is 11.7 Å². The second-order valence-corrected chi connectivity index (χ2v) is 7.54. The Labute approximate surface area is 172 Å². The summed E-state index contributed by atoms with van der Waals surface area (Å²) < 4.78 is 5.38. The first-order valence-electron chi connectivity index (χ1n) is 9.27. The average Bonchev–Trinajstić information content (AvgIpc) is 3.45. The molecule has 0 unspecified atom stereocenters. The standard InChI is InChI=1S/C20H21N5O3S/c1-27-21-13-15-4-6-16(7-5-15)20(26)25-10-8-24(9-11-25)14-18-22-19(23-28-18)17-3-2-12-29-17/h2-7,12-13H,8-11,14H2,1H3/b21-13+. The number of nitrogens with zero attached hydrogens (tertiary/aromatic N) is 5. The van der Waals surface area contributed by atoms with Crippen LogP contribution in [0.5, 0.6) is 0 Å². The van der Waals surface area contributed by atoms with E-state index in [2.05, 4.69) is 25.0 Å². The van der Waals surface area contributed by atoms with Gasteiger partial charge >= 0.3 is 0 Å². The molecule has 1 aliphatic rings. The van der Waals surface area contributed by atoms with E-state index in [0.29, 0.717) is 36.9 Å². The van der Waals surface area contributed by atoms with Crippen molar-refractivity contribution >= 4 is 23.5 Å². The fraction of sp³-hybridized carbons (Fsp3) is 0.300. The molecule has 1 aliphatic heterocycles. The van der Waals surface area contributed by atoms with E-state index >= 15 is 0 Å². The van der Waals surface area contributed by atoms with Crippen LogP contribution in [0.4, 0.5) is 0 Å². The Morgan fingerprint density at radius 2 is 2.03 bits per heavy atom. The van der Waals surface area contributed by atoms with Crippen molar-refractivity contribution in [3.63, 3.8) is 0 Å². The van der Waals surface area contributed by atoms with Crippen molar-refractivity contribution in [2.24, 2.45) is 5.16 Å². The summed E-state index contributed by atoms with van der Waals surface area (Å²) in [5, 5.41) is 9.76. The van der Waals surface area contributed by atoms with Crippen molar-refractivity contribution in [1.29, 1.82) is 0 Å². The molecule has 1 amide bonds. The van der Waals surface area contributed by atoms with Crippen LogP contribution in [0.3, 0.4) is 0 Å². The molecule has 0 saturated carbocycles. The zero-order valence-electron chi connectivity index (χ0n) is 16.0. The number of oxime groups is 1. The first kappa shape index (κ1) is 19.3. The van der Waals surface area contributed by atoms with Crippen LogP contribution in [0.2, 0.25) is 0 Å². The first-order chi connectivity index (χ1) is 14.2. The lowest BCUT2D eigenvalue weighted by atomic mass is 10.1. The lowest BCUT2D eigenvalue weighted by Crippen LogP contribution is -2.48. The second kappa shape index (κ2) is 8.97. The number of benzene rings is 1. The first-order valence-corrected chi connectivity index (χ1v) is 10.2. The lowest BCUT2D eigenvalue weighted by molar-refractivity contribution is 0.0615. The number of thiophene rings is 1. The van der Waals surface area contributed by atoms with Gasteiger partial charge < -0.3 is 14.3 Å². The number of amides is 1. The van der Waals surface area contributed by atoms with E-state index in [1.54, 1.807) is 17.6 Å². The van der Waals surface area contributed by atoms with Gasteiger partial charge in [0.25, 0.3) is 5.91 Å². The molecule has 0 spiro atoms. The third kappa shape index (κ3) is 4.69. The lowest BCUT2D eigenvalue weighted by Gasteiger charge is -2.34. The maximum absolute atomic E-state index is 12.7. The third-order valence-electron chi connectivity index (χ3n) is 4.69. The molecule has 1 aromatic carbocycles. The quantitative estimate of drug-likeness (QED) is 0.458. The van der Waals surface area contributed by atoms with E-state index in [9.17, 15) is 4.79 Å². The number of hydrogen-bond acceptors (Lipinski definition) is 8. The number of carbonyl (C=O) groups excluding carboxylic acids is 1.